The van der Waals surface area contributed by atoms with Gasteiger partial charge in [0.25, 0.3) is 0 Å². The van der Waals surface area contributed by atoms with Crippen LogP contribution in [0.15, 0.2) is 42.5 Å². The van der Waals surface area contributed by atoms with Crippen molar-refractivity contribution in [1.82, 2.24) is 5.32 Å². The Labute approximate surface area is 193 Å². The molecule has 1 N–H and O–H groups in total. The maximum absolute atomic E-state index is 13.4. The van der Waals surface area contributed by atoms with Gasteiger partial charge >= 0.3 is 0 Å². The molecule has 2 aromatic carbocycles. The highest BCUT2D eigenvalue weighted by Crippen LogP contribution is 2.27. The minimum absolute atomic E-state index is 0.233. The third-order valence-corrected chi connectivity index (χ3v) is 6.80. The van der Waals surface area contributed by atoms with Crippen molar-refractivity contribution in [2.45, 2.75) is 59.5 Å². The normalized spacial score (nSPS) is 13.5. The number of rotatable bonds is 10. The zero-order valence-electron chi connectivity index (χ0n) is 20.2. The molecule has 7 heteroatoms. The first-order valence-corrected chi connectivity index (χ1v) is 12.8. The Morgan fingerprint density at radius 2 is 1.69 bits per heavy atom. The second kappa shape index (κ2) is 10.9. The zero-order valence-corrected chi connectivity index (χ0v) is 21.0. The second-order valence-corrected chi connectivity index (χ2v) is 10.6. The Morgan fingerprint density at radius 3 is 2.16 bits per heavy atom. The van der Waals surface area contributed by atoms with E-state index >= 15 is 0 Å². The molecule has 0 aliphatic carbocycles. The van der Waals surface area contributed by atoms with Crippen molar-refractivity contribution in [1.29, 1.82) is 0 Å². The number of aryl methyl sites for hydroxylation is 2. The molecule has 2 rings (SSSR count). The number of nitrogens with one attached hydrogen (secondary N) is 1. The molecule has 0 saturated heterocycles. The smallest absolute Gasteiger partial charge is 0.244 e. The lowest BCUT2D eigenvalue weighted by Crippen LogP contribution is -2.50. The lowest BCUT2D eigenvalue weighted by Gasteiger charge is -2.32. The van der Waals surface area contributed by atoms with Crippen molar-refractivity contribution in [2.75, 3.05) is 17.7 Å². The molecule has 0 bridgehead atoms. The predicted molar refractivity (Wildman–Crippen MR) is 131 cm³/mol. The van der Waals surface area contributed by atoms with Gasteiger partial charge in [-0.15, -0.1) is 0 Å². The summed E-state index contributed by atoms with van der Waals surface area (Å²) in [6.45, 7) is 9.92. The minimum atomic E-state index is -3.68. The van der Waals surface area contributed by atoms with Crippen LogP contribution in [-0.4, -0.2) is 33.7 Å². The van der Waals surface area contributed by atoms with Crippen LogP contribution in [0.5, 0.6) is 5.75 Å². The van der Waals surface area contributed by atoms with Gasteiger partial charge in [0.05, 0.1) is 25.1 Å². The van der Waals surface area contributed by atoms with Crippen molar-refractivity contribution in [3.8, 4) is 5.75 Å². The van der Waals surface area contributed by atoms with E-state index in [1.54, 1.807) is 13.2 Å². The number of nitrogens with zero attached hydrogens (tertiary/aromatic N) is 1. The van der Waals surface area contributed by atoms with E-state index in [4.69, 9.17) is 4.74 Å². The minimum Gasteiger partial charge on any atom is -0.497 e. The fourth-order valence-electron chi connectivity index (χ4n) is 3.78. The highest BCUT2D eigenvalue weighted by Gasteiger charge is 2.33. The molecule has 1 amide bonds. The summed E-state index contributed by atoms with van der Waals surface area (Å²) in [5, 5.41) is 3.12. The van der Waals surface area contributed by atoms with Gasteiger partial charge in [-0.2, -0.15) is 0 Å². The maximum atomic E-state index is 13.4. The average Bonchev–Trinajstić information content (AvgIpc) is 2.72. The van der Waals surface area contributed by atoms with E-state index in [-0.39, 0.29) is 11.9 Å². The Morgan fingerprint density at radius 1 is 1.06 bits per heavy atom. The van der Waals surface area contributed by atoms with Gasteiger partial charge < -0.3 is 10.1 Å². The van der Waals surface area contributed by atoms with Crippen LogP contribution in [0.25, 0.3) is 0 Å². The van der Waals surface area contributed by atoms with E-state index in [2.05, 4.69) is 19.2 Å². The number of carbonyl (C=O) groups excluding carboxylic acids is 1. The summed E-state index contributed by atoms with van der Waals surface area (Å²) < 4.78 is 32.0. The van der Waals surface area contributed by atoms with Crippen LogP contribution in [0, 0.1) is 19.8 Å². The van der Waals surface area contributed by atoms with Crippen molar-refractivity contribution in [3.63, 3.8) is 0 Å². The van der Waals surface area contributed by atoms with Crippen molar-refractivity contribution in [2.24, 2.45) is 5.92 Å². The number of hydrogen-bond donors (Lipinski definition) is 1. The number of methoxy groups -OCH3 is 1. The fraction of sp³-hybridized carbons (Fsp3) is 0.480. The summed E-state index contributed by atoms with van der Waals surface area (Å²) in [7, 11) is -2.07. The Balaban J connectivity index is 2.40. The first-order valence-electron chi connectivity index (χ1n) is 11.0. The highest BCUT2D eigenvalue weighted by atomic mass is 32.2. The molecule has 0 heterocycles. The number of ether oxygens (including phenoxy) is 1. The SMILES string of the molecule is CC[C@H](C(=O)N[C@H](CC(C)C)c1ccc(OC)cc1)N(c1ccc(C)c(C)c1)S(C)(=O)=O. The number of sulfonamides is 1. The molecule has 0 aliphatic heterocycles. The maximum Gasteiger partial charge on any atom is 0.244 e. The third-order valence-electron chi connectivity index (χ3n) is 5.62. The summed E-state index contributed by atoms with van der Waals surface area (Å²) in [5.41, 5.74) is 3.50. The molecule has 0 aliphatic rings. The first kappa shape index (κ1) is 25.7. The average molecular weight is 461 g/mol. The lowest BCUT2D eigenvalue weighted by atomic mass is 9.96. The zero-order chi connectivity index (χ0) is 24.1. The van der Waals surface area contributed by atoms with E-state index in [1.165, 1.54) is 4.31 Å². The van der Waals surface area contributed by atoms with E-state index < -0.39 is 16.1 Å². The molecule has 32 heavy (non-hydrogen) atoms. The number of amides is 1. The Kier molecular flexibility index (Phi) is 8.73. The van der Waals surface area contributed by atoms with Gasteiger partial charge in [-0.05, 0) is 73.6 Å². The van der Waals surface area contributed by atoms with Gasteiger partial charge in [0, 0.05) is 0 Å². The lowest BCUT2D eigenvalue weighted by molar-refractivity contribution is -0.123. The van der Waals surface area contributed by atoms with Crippen LogP contribution in [0.3, 0.4) is 0 Å². The molecule has 0 spiro atoms. The molecular weight excluding hydrogens is 424 g/mol. The number of carbonyl (C=O) groups is 1. The van der Waals surface area contributed by atoms with Gasteiger partial charge in [-0.1, -0.05) is 39.0 Å². The summed E-state index contributed by atoms with van der Waals surface area (Å²) in [6.07, 6.45) is 2.23. The number of benzene rings is 2. The molecule has 6 nitrogen and oxygen atoms in total. The highest BCUT2D eigenvalue weighted by molar-refractivity contribution is 7.92. The summed E-state index contributed by atoms with van der Waals surface area (Å²) in [6, 6.07) is 12.0. The largest absolute Gasteiger partial charge is 0.497 e. The van der Waals surface area contributed by atoms with Crippen LogP contribution < -0.4 is 14.4 Å². The fourth-order valence-corrected chi connectivity index (χ4v) is 4.98. The summed E-state index contributed by atoms with van der Waals surface area (Å²) in [4.78, 5) is 13.4. The van der Waals surface area contributed by atoms with Gasteiger partial charge in [0.2, 0.25) is 15.9 Å². The van der Waals surface area contributed by atoms with Crippen LogP contribution >= 0.6 is 0 Å². The summed E-state index contributed by atoms with van der Waals surface area (Å²) in [5.74, 6) is 0.777. The molecule has 0 fully saturated rings. The van der Waals surface area contributed by atoms with E-state index in [9.17, 15) is 13.2 Å². The molecule has 0 radical (unpaired) electrons. The van der Waals surface area contributed by atoms with Crippen molar-refractivity contribution in [3.05, 3.63) is 59.2 Å². The second-order valence-electron chi connectivity index (χ2n) is 8.72. The molecular formula is C25H36N2O4S. The van der Waals surface area contributed by atoms with Crippen molar-refractivity contribution < 1.29 is 17.9 Å². The van der Waals surface area contributed by atoms with Gasteiger partial charge in [-0.25, -0.2) is 8.42 Å². The van der Waals surface area contributed by atoms with Crippen LogP contribution in [0.1, 0.15) is 56.3 Å². The van der Waals surface area contributed by atoms with Gasteiger partial charge in [-0.3, -0.25) is 9.10 Å². The van der Waals surface area contributed by atoms with Gasteiger partial charge in [0.15, 0.2) is 0 Å². The van der Waals surface area contributed by atoms with Crippen LogP contribution in [0.2, 0.25) is 0 Å². The first-order chi connectivity index (χ1) is 15.0. The molecule has 2 atom stereocenters. The third kappa shape index (κ3) is 6.48. The van der Waals surface area contributed by atoms with Gasteiger partial charge in [0.1, 0.15) is 11.8 Å². The van der Waals surface area contributed by atoms with Crippen molar-refractivity contribution >= 4 is 21.6 Å². The molecule has 0 saturated carbocycles. The molecule has 0 unspecified atom stereocenters. The quantitative estimate of drug-likeness (QED) is 0.555. The molecule has 2 aromatic rings. The number of hydrogen-bond acceptors (Lipinski definition) is 4. The molecule has 176 valence electrons. The standard InChI is InChI=1S/C25H36N2O4S/c1-8-24(27(32(7,29)30)21-12-9-18(4)19(5)16-21)25(28)26-23(15-17(2)3)20-10-13-22(31-6)14-11-20/h9-14,16-17,23-24H,8,15H2,1-7H3,(H,26,28)/t23-,24-/m1/s1. The Bertz CT molecular complexity index is 1020. The van der Waals surface area contributed by atoms with Crippen LogP contribution in [-0.2, 0) is 14.8 Å². The van der Waals surface area contributed by atoms with E-state index in [0.29, 0.717) is 18.0 Å². The predicted octanol–water partition coefficient (Wildman–Crippen LogP) is 4.76. The van der Waals surface area contributed by atoms with Crippen LogP contribution in [0.4, 0.5) is 5.69 Å². The Hall–Kier alpha value is -2.54. The topological polar surface area (TPSA) is 75.7 Å². The van der Waals surface area contributed by atoms with E-state index in [1.807, 2.05) is 57.2 Å². The summed E-state index contributed by atoms with van der Waals surface area (Å²) >= 11 is 0. The monoisotopic (exact) mass is 460 g/mol. The number of anilines is 1. The van der Waals surface area contributed by atoms with E-state index in [0.717, 1.165) is 35.1 Å². The molecule has 0 aromatic heterocycles.